The first-order valence-electron chi connectivity index (χ1n) is 9.00. The van der Waals surface area contributed by atoms with Gasteiger partial charge >= 0.3 is 0 Å². The number of likely N-dealkylation sites (tertiary alicyclic amines) is 1. The molecule has 1 aliphatic heterocycles. The predicted molar refractivity (Wildman–Crippen MR) is 105 cm³/mol. The highest BCUT2D eigenvalue weighted by Crippen LogP contribution is 2.18. The number of nitrogens with one attached hydrogen (secondary N) is 1. The van der Waals surface area contributed by atoms with Gasteiger partial charge in [0.05, 0.1) is 12.1 Å². The number of hydrogen-bond acceptors (Lipinski definition) is 5. The number of thiazole rings is 1. The zero-order chi connectivity index (χ0) is 18.2. The number of carbonyl (C=O) groups is 1. The lowest BCUT2D eigenvalue weighted by molar-refractivity contribution is -0.120. The molecule has 26 heavy (non-hydrogen) atoms. The van der Waals surface area contributed by atoms with Crippen LogP contribution < -0.4 is 10.1 Å². The number of benzene rings is 1. The average Bonchev–Trinajstić information content (AvgIpc) is 3.09. The molecule has 0 unspecified atom stereocenters. The van der Waals surface area contributed by atoms with Crippen LogP contribution >= 0.6 is 22.9 Å². The van der Waals surface area contributed by atoms with E-state index in [1.54, 1.807) is 12.1 Å². The zero-order valence-electron chi connectivity index (χ0n) is 14.7. The fourth-order valence-corrected chi connectivity index (χ4v) is 3.77. The monoisotopic (exact) mass is 393 g/mol. The third kappa shape index (κ3) is 6.27. The maximum absolute atomic E-state index is 12.1. The van der Waals surface area contributed by atoms with E-state index in [2.05, 4.69) is 15.2 Å². The second kappa shape index (κ2) is 9.90. The fraction of sp³-hybridized carbons (Fsp3) is 0.474. The molecule has 1 aromatic heterocycles. The van der Waals surface area contributed by atoms with Crippen LogP contribution in [-0.4, -0.2) is 42.0 Å². The summed E-state index contributed by atoms with van der Waals surface area (Å²) in [6, 6.07) is 7.23. The van der Waals surface area contributed by atoms with Gasteiger partial charge in [0.2, 0.25) is 5.91 Å². The zero-order valence-corrected chi connectivity index (χ0v) is 16.3. The van der Waals surface area contributed by atoms with E-state index >= 15 is 0 Å². The Labute approximate surface area is 163 Å². The summed E-state index contributed by atoms with van der Waals surface area (Å²) >= 11 is 7.36. The molecule has 5 nitrogen and oxygen atoms in total. The van der Waals surface area contributed by atoms with E-state index in [0.717, 1.165) is 36.1 Å². The second-order valence-electron chi connectivity index (χ2n) is 6.40. The molecule has 0 saturated carbocycles. The Morgan fingerprint density at radius 1 is 1.23 bits per heavy atom. The van der Waals surface area contributed by atoms with Gasteiger partial charge in [-0.1, -0.05) is 18.0 Å². The van der Waals surface area contributed by atoms with Gasteiger partial charge in [-0.3, -0.25) is 4.79 Å². The van der Waals surface area contributed by atoms with E-state index in [1.165, 1.54) is 30.6 Å². The van der Waals surface area contributed by atoms with Gasteiger partial charge < -0.3 is 15.0 Å². The summed E-state index contributed by atoms with van der Waals surface area (Å²) in [5.74, 6) is 0.777. The van der Waals surface area contributed by atoms with Crippen molar-refractivity contribution in [3.05, 3.63) is 45.4 Å². The fourth-order valence-electron chi connectivity index (χ4n) is 2.94. The summed E-state index contributed by atoms with van der Waals surface area (Å²) in [6.45, 7) is 4.33. The largest absolute Gasteiger partial charge is 0.486 e. The number of aromatic nitrogens is 1. The van der Waals surface area contributed by atoms with Gasteiger partial charge in [-0.25, -0.2) is 4.98 Å². The van der Waals surface area contributed by atoms with Gasteiger partial charge in [-0.15, -0.1) is 11.3 Å². The highest BCUT2D eigenvalue weighted by atomic mass is 35.5. The quantitative estimate of drug-likeness (QED) is 0.745. The molecular weight excluding hydrogens is 370 g/mol. The van der Waals surface area contributed by atoms with E-state index in [-0.39, 0.29) is 5.91 Å². The number of rotatable bonds is 8. The molecule has 2 aromatic rings. The molecule has 1 amide bonds. The Morgan fingerprint density at radius 2 is 2.00 bits per heavy atom. The summed E-state index contributed by atoms with van der Waals surface area (Å²) in [5.41, 5.74) is 0.792. The molecule has 2 heterocycles. The van der Waals surface area contributed by atoms with E-state index in [9.17, 15) is 4.79 Å². The van der Waals surface area contributed by atoms with Gasteiger partial charge in [-0.2, -0.15) is 0 Å². The highest BCUT2D eigenvalue weighted by molar-refractivity contribution is 7.09. The lowest BCUT2D eigenvalue weighted by Crippen LogP contribution is -2.38. The third-order valence-corrected chi connectivity index (χ3v) is 5.44. The summed E-state index contributed by atoms with van der Waals surface area (Å²) in [7, 11) is 0. The number of piperidine rings is 1. The molecular formula is C19H24ClN3O2S. The van der Waals surface area contributed by atoms with Crippen LogP contribution in [0.4, 0.5) is 0 Å². The topological polar surface area (TPSA) is 54.5 Å². The van der Waals surface area contributed by atoms with Crippen molar-refractivity contribution in [3.63, 3.8) is 0 Å². The number of amides is 1. The molecule has 1 N–H and O–H groups in total. The number of hydrogen-bond donors (Lipinski definition) is 1. The molecule has 0 radical (unpaired) electrons. The normalized spacial score (nSPS) is 15.0. The smallest absolute Gasteiger partial charge is 0.226 e. The minimum absolute atomic E-state index is 0.0254. The van der Waals surface area contributed by atoms with Crippen LogP contribution in [0.3, 0.4) is 0 Å². The van der Waals surface area contributed by atoms with Crippen LogP contribution in [0.5, 0.6) is 5.75 Å². The Kier molecular flexibility index (Phi) is 7.29. The molecule has 0 bridgehead atoms. The first-order valence-corrected chi connectivity index (χ1v) is 10.3. The number of ether oxygens (including phenoxy) is 1. The molecule has 1 saturated heterocycles. The molecule has 140 valence electrons. The summed E-state index contributed by atoms with van der Waals surface area (Å²) < 4.78 is 5.68. The molecule has 1 aliphatic rings. The number of halogens is 1. The van der Waals surface area contributed by atoms with Crippen molar-refractivity contribution >= 4 is 28.8 Å². The van der Waals surface area contributed by atoms with Crippen molar-refractivity contribution < 1.29 is 9.53 Å². The molecule has 0 spiro atoms. The average molecular weight is 394 g/mol. The third-order valence-electron chi connectivity index (χ3n) is 4.32. The second-order valence-corrected chi connectivity index (χ2v) is 7.78. The van der Waals surface area contributed by atoms with Crippen molar-refractivity contribution in [2.75, 3.05) is 26.2 Å². The Hall–Kier alpha value is -1.63. The maximum Gasteiger partial charge on any atom is 0.226 e. The minimum atomic E-state index is 0.0254. The Bertz CT molecular complexity index is 699. The molecule has 0 atom stereocenters. The van der Waals surface area contributed by atoms with Crippen molar-refractivity contribution in [3.8, 4) is 5.75 Å². The lowest BCUT2D eigenvalue weighted by atomic mass is 10.1. The van der Waals surface area contributed by atoms with Crippen molar-refractivity contribution in [2.45, 2.75) is 32.3 Å². The van der Waals surface area contributed by atoms with Gasteiger partial charge in [0.1, 0.15) is 17.4 Å². The predicted octanol–water partition coefficient (Wildman–Crippen LogP) is 3.52. The minimum Gasteiger partial charge on any atom is -0.486 e. The first kappa shape index (κ1) is 19.1. The van der Waals surface area contributed by atoms with Crippen LogP contribution in [0.15, 0.2) is 29.6 Å². The van der Waals surface area contributed by atoms with Crippen LogP contribution in [0.1, 0.15) is 30.0 Å². The van der Waals surface area contributed by atoms with E-state index in [0.29, 0.717) is 24.6 Å². The van der Waals surface area contributed by atoms with E-state index < -0.39 is 0 Å². The Morgan fingerprint density at radius 3 is 2.77 bits per heavy atom. The SMILES string of the molecule is O=C(Cc1csc(COc2ccc(Cl)cc2)n1)NCCN1CCCCC1. The first-order chi connectivity index (χ1) is 12.7. The van der Waals surface area contributed by atoms with Crippen molar-refractivity contribution in [2.24, 2.45) is 0 Å². The van der Waals surface area contributed by atoms with Gasteiger partial charge in [0.25, 0.3) is 0 Å². The molecule has 1 aromatic carbocycles. The molecule has 7 heteroatoms. The summed E-state index contributed by atoms with van der Waals surface area (Å²) in [5, 5.41) is 6.45. The van der Waals surface area contributed by atoms with Gasteiger partial charge in [-0.05, 0) is 50.2 Å². The van der Waals surface area contributed by atoms with Crippen LogP contribution in [0.2, 0.25) is 5.02 Å². The molecule has 1 fully saturated rings. The van der Waals surface area contributed by atoms with E-state index in [4.69, 9.17) is 16.3 Å². The summed E-state index contributed by atoms with van der Waals surface area (Å²) in [6.07, 6.45) is 4.19. The lowest BCUT2D eigenvalue weighted by Gasteiger charge is -2.26. The highest BCUT2D eigenvalue weighted by Gasteiger charge is 2.11. The molecule has 0 aliphatic carbocycles. The maximum atomic E-state index is 12.1. The van der Waals surface area contributed by atoms with Crippen LogP contribution in [-0.2, 0) is 17.8 Å². The summed E-state index contributed by atoms with van der Waals surface area (Å²) in [4.78, 5) is 19.0. The van der Waals surface area contributed by atoms with Crippen LogP contribution in [0.25, 0.3) is 0 Å². The Balaban J connectivity index is 1.37. The van der Waals surface area contributed by atoms with Gasteiger partial charge in [0, 0.05) is 23.5 Å². The van der Waals surface area contributed by atoms with Crippen molar-refractivity contribution in [1.29, 1.82) is 0 Å². The van der Waals surface area contributed by atoms with Crippen molar-refractivity contribution in [1.82, 2.24) is 15.2 Å². The van der Waals surface area contributed by atoms with Crippen LogP contribution in [0, 0.1) is 0 Å². The standard InChI is InChI=1S/C19H24ClN3O2S/c20-15-4-6-17(7-5-15)25-13-19-22-16(14-26-19)12-18(24)21-8-11-23-9-2-1-3-10-23/h4-7,14H,1-3,8-13H2,(H,21,24). The molecule has 3 rings (SSSR count). The van der Waals surface area contributed by atoms with Gasteiger partial charge in [0.15, 0.2) is 0 Å². The van der Waals surface area contributed by atoms with E-state index in [1.807, 2.05) is 17.5 Å². The number of nitrogens with zero attached hydrogens (tertiary/aromatic N) is 2. The number of carbonyl (C=O) groups excluding carboxylic acids is 1.